The Morgan fingerprint density at radius 2 is 2.12 bits per heavy atom. The standard InChI is InChI=1S/C16H14FN5O2/c17-11-1-2-13-9(4-11)3-10(7-19-13)16(24)20-8-14-21-12(6-18)5-15(23)22-14/h1-5,7H,6,8,18H2,(H,20,24)(H,21,22,23). The van der Waals surface area contributed by atoms with Gasteiger partial charge in [0, 0.05) is 24.2 Å². The van der Waals surface area contributed by atoms with Gasteiger partial charge in [-0.3, -0.25) is 14.6 Å². The molecule has 2 heterocycles. The van der Waals surface area contributed by atoms with Crippen LogP contribution in [-0.4, -0.2) is 20.9 Å². The fraction of sp³-hybridized carbons (Fsp3) is 0.125. The molecule has 0 aliphatic heterocycles. The Balaban J connectivity index is 1.77. The zero-order chi connectivity index (χ0) is 17.1. The van der Waals surface area contributed by atoms with Gasteiger partial charge in [0.15, 0.2) is 0 Å². The van der Waals surface area contributed by atoms with Gasteiger partial charge in [-0.25, -0.2) is 9.37 Å². The van der Waals surface area contributed by atoms with Crippen molar-refractivity contribution in [3.63, 3.8) is 0 Å². The highest BCUT2D eigenvalue weighted by Crippen LogP contribution is 2.14. The van der Waals surface area contributed by atoms with E-state index >= 15 is 0 Å². The summed E-state index contributed by atoms with van der Waals surface area (Å²) < 4.78 is 13.3. The van der Waals surface area contributed by atoms with Gasteiger partial charge in [0.05, 0.1) is 23.3 Å². The molecule has 0 fully saturated rings. The molecule has 0 saturated carbocycles. The van der Waals surface area contributed by atoms with Crippen molar-refractivity contribution in [3.8, 4) is 0 Å². The van der Waals surface area contributed by atoms with Crippen molar-refractivity contribution in [1.29, 1.82) is 0 Å². The molecule has 3 rings (SSSR count). The highest BCUT2D eigenvalue weighted by atomic mass is 19.1. The highest BCUT2D eigenvalue weighted by Gasteiger charge is 2.09. The predicted octanol–water partition coefficient (Wildman–Crippen LogP) is 0.846. The molecule has 0 aliphatic carbocycles. The molecule has 2 aromatic heterocycles. The van der Waals surface area contributed by atoms with E-state index in [-0.39, 0.29) is 24.2 Å². The van der Waals surface area contributed by atoms with Crippen molar-refractivity contribution in [2.24, 2.45) is 5.73 Å². The van der Waals surface area contributed by atoms with Crippen LogP contribution in [0.3, 0.4) is 0 Å². The van der Waals surface area contributed by atoms with Crippen LogP contribution in [0.2, 0.25) is 0 Å². The van der Waals surface area contributed by atoms with Crippen LogP contribution >= 0.6 is 0 Å². The monoisotopic (exact) mass is 327 g/mol. The first-order valence-electron chi connectivity index (χ1n) is 7.18. The predicted molar refractivity (Wildman–Crippen MR) is 85.6 cm³/mol. The van der Waals surface area contributed by atoms with Crippen molar-refractivity contribution in [2.45, 2.75) is 13.1 Å². The number of aromatic amines is 1. The van der Waals surface area contributed by atoms with E-state index in [2.05, 4.69) is 20.3 Å². The third-order valence-electron chi connectivity index (χ3n) is 3.37. The fourth-order valence-electron chi connectivity index (χ4n) is 2.24. The summed E-state index contributed by atoms with van der Waals surface area (Å²) in [4.78, 5) is 34.4. The highest BCUT2D eigenvalue weighted by molar-refractivity contribution is 5.97. The topological polar surface area (TPSA) is 114 Å². The number of halogens is 1. The van der Waals surface area contributed by atoms with Gasteiger partial charge in [0.25, 0.3) is 11.5 Å². The number of pyridine rings is 1. The van der Waals surface area contributed by atoms with Crippen LogP contribution in [0.15, 0.2) is 41.3 Å². The van der Waals surface area contributed by atoms with Crippen molar-refractivity contribution < 1.29 is 9.18 Å². The zero-order valence-electron chi connectivity index (χ0n) is 12.5. The first-order valence-corrected chi connectivity index (χ1v) is 7.18. The van der Waals surface area contributed by atoms with E-state index in [4.69, 9.17) is 5.73 Å². The second kappa shape index (κ2) is 6.55. The van der Waals surface area contributed by atoms with Gasteiger partial charge >= 0.3 is 0 Å². The quantitative estimate of drug-likeness (QED) is 0.657. The number of hydrogen-bond acceptors (Lipinski definition) is 5. The molecule has 0 bridgehead atoms. The number of aromatic nitrogens is 3. The number of nitrogens with two attached hydrogens (primary N) is 1. The lowest BCUT2D eigenvalue weighted by Gasteiger charge is -2.06. The number of fused-ring (bicyclic) bond motifs is 1. The molecule has 122 valence electrons. The number of nitrogens with zero attached hydrogens (tertiary/aromatic N) is 2. The minimum atomic E-state index is -0.408. The molecule has 7 nitrogen and oxygen atoms in total. The van der Waals surface area contributed by atoms with Gasteiger partial charge in [0.1, 0.15) is 11.6 Å². The summed E-state index contributed by atoms with van der Waals surface area (Å²) in [5, 5.41) is 3.15. The molecule has 0 aliphatic rings. The summed E-state index contributed by atoms with van der Waals surface area (Å²) in [6.45, 7) is 0.161. The normalized spacial score (nSPS) is 10.8. The molecular formula is C16H14FN5O2. The average molecular weight is 327 g/mol. The Hall–Kier alpha value is -3.13. The van der Waals surface area contributed by atoms with E-state index in [1.165, 1.54) is 24.4 Å². The van der Waals surface area contributed by atoms with Crippen LogP contribution in [-0.2, 0) is 13.1 Å². The van der Waals surface area contributed by atoms with Gasteiger partial charge in [-0.2, -0.15) is 0 Å². The van der Waals surface area contributed by atoms with Crippen molar-refractivity contribution in [2.75, 3.05) is 0 Å². The van der Waals surface area contributed by atoms with E-state index < -0.39 is 11.7 Å². The van der Waals surface area contributed by atoms with Crippen LogP contribution in [0.5, 0.6) is 0 Å². The molecule has 0 atom stereocenters. The summed E-state index contributed by atoms with van der Waals surface area (Å²) in [7, 11) is 0. The third kappa shape index (κ3) is 3.44. The Labute approximate surface area is 135 Å². The number of carbonyl (C=O) groups excluding carboxylic acids is 1. The van der Waals surface area contributed by atoms with Crippen molar-refractivity contribution in [1.82, 2.24) is 20.3 Å². The second-order valence-corrected chi connectivity index (χ2v) is 5.13. The Bertz CT molecular complexity index is 970. The first-order chi connectivity index (χ1) is 11.5. The maximum atomic E-state index is 13.3. The number of amides is 1. The summed E-state index contributed by atoms with van der Waals surface area (Å²) in [6, 6.07) is 7.00. The summed E-state index contributed by atoms with van der Waals surface area (Å²) >= 11 is 0. The molecule has 24 heavy (non-hydrogen) atoms. The number of carbonyl (C=O) groups is 1. The van der Waals surface area contributed by atoms with E-state index in [0.717, 1.165) is 0 Å². The van der Waals surface area contributed by atoms with E-state index in [9.17, 15) is 14.0 Å². The molecule has 0 spiro atoms. The number of rotatable bonds is 4. The number of benzene rings is 1. The lowest BCUT2D eigenvalue weighted by Crippen LogP contribution is -2.26. The lowest BCUT2D eigenvalue weighted by molar-refractivity contribution is 0.0949. The zero-order valence-corrected chi connectivity index (χ0v) is 12.5. The second-order valence-electron chi connectivity index (χ2n) is 5.13. The average Bonchev–Trinajstić information content (AvgIpc) is 2.58. The molecule has 0 unspecified atom stereocenters. The van der Waals surface area contributed by atoms with Crippen LogP contribution in [0.1, 0.15) is 21.9 Å². The summed E-state index contributed by atoms with van der Waals surface area (Å²) in [5.41, 5.74) is 6.43. The SMILES string of the molecule is NCc1cc(=O)[nH]c(CNC(=O)c2cnc3ccc(F)cc3c2)n1. The lowest BCUT2D eigenvalue weighted by atomic mass is 10.1. The molecule has 0 radical (unpaired) electrons. The van der Waals surface area contributed by atoms with Crippen LogP contribution < -0.4 is 16.6 Å². The maximum absolute atomic E-state index is 13.3. The molecule has 3 aromatic rings. The van der Waals surface area contributed by atoms with Crippen molar-refractivity contribution >= 4 is 16.8 Å². The molecule has 8 heteroatoms. The van der Waals surface area contributed by atoms with E-state index in [0.29, 0.717) is 22.4 Å². The molecular weight excluding hydrogens is 313 g/mol. The Morgan fingerprint density at radius 1 is 1.29 bits per heavy atom. The number of H-pyrrole nitrogens is 1. The summed E-state index contributed by atoms with van der Waals surface area (Å²) in [6.07, 6.45) is 1.40. The van der Waals surface area contributed by atoms with E-state index in [1.807, 2.05) is 0 Å². The first kappa shape index (κ1) is 15.8. The number of hydrogen-bond donors (Lipinski definition) is 3. The third-order valence-corrected chi connectivity index (χ3v) is 3.37. The molecule has 1 amide bonds. The molecule has 1 aromatic carbocycles. The smallest absolute Gasteiger partial charge is 0.253 e. The fourth-order valence-corrected chi connectivity index (χ4v) is 2.24. The Morgan fingerprint density at radius 3 is 2.92 bits per heavy atom. The van der Waals surface area contributed by atoms with Crippen LogP contribution in [0.4, 0.5) is 4.39 Å². The molecule has 0 saturated heterocycles. The van der Waals surface area contributed by atoms with Crippen molar-refractivity contribution in [3.05, 3.63) is 69.8 Å². The van der Waals surface area contributed by atoms with Gasteiger partial charge in [-0.05, 0) is 24.3 Å². The van der Waals surface area contributed by atoms with Gasteiger partial charge < -0.3 is 16.0 Å². The number of nitrogens with one attached hydrogen (secondary N) is 2. The van der Waals surface area contributed by atoms with Gasteiger partial charge in [-0.1, -0.05) is 0 Å². The minimum Gasteiger partial charge on any atom is -0.345 e. The Kier molecular flexibility index (Phi) is 4.30. The largest absolute Gasteiger partial charge is 0.345 e. The van der Waals surface area contributed by atoms with E-state index in [1.54, 1.807) is 12.1 Å². The van der Waals surface area contributed by atoms with Gasteiger partial charge in [-0.15, -0.1) is 0 Å². The maximum Gasteiger partial charge on any atom is 0.253 e. The van der Waals surface area contributed by atoms with Gasteiger partial charge in [0.2, 0.25) is 0 Å². The summed E-state index contributed by atoms with van der Waals surface area (Å²) in [5.74, 6) is -0.507. The molecule has 4 N–H and O–H groups in total. The van der Waals surface area contributed by atoms with Crippen LogP contribution in [0.25, 0.3) is 10.9 Å². The van der Waals surface area contributed by atoms with Crippen LogP contribution in [0, 0.1) is 5.82 Å². The minimum absolute atomic E-state index is 0.0309.